The van der Waals surface area contributed by atoms with Gasteiger partial charge in [-0.15, -0.1) is 0 Å². The highest BCUT2D eigenvalue weighted by molar-refractivity contribution is 5.78. The molecule has 21 heavy (non-hydrogen) atoms. The van der Waals surface area contributed by atoms with E-state index >= 15 is 0 Å². The SMILES string of the molecule is O=C(COC(=O)C1CC2C=CC1C2)OC12CCC(CC1)C2. The van der Waals surface area contributed by atoms with Gasteiger partial charge in [0.1, 0.15) is 5.60 Å². The van der Waals surface area contributed by atoms with Crippen LogP contribution in [-0.4, -0.2) is 24.1 Å². The maximum Gasteiger partial charge on any atom is 0.344 e. The molecule has 3 fully saturated rings. The van der Waals surface area contributed by atoms with Gasteiger partial charge in [0.15, 0.2) is 6.61 Å². The summed E-state index contributed by atoms with van der Waals surface area (Å²) >= 11 is 0. The van der Waals surface area contributed by atoms with Crippen LogP contribution in [0, 0.1) is 23.7 Å². The summed E-state index contributed by atoms with van der Waals surface area (Å²) in [5.74, 6) is 0.950. The number of fused-ring (bicyclic) bond motifs is 4. The largest absolute Gasteiger partial charge is 0.457 e. The smallest absolute Gasteiger partial charge is 0.344 e. The highest BCUT2D eigenvalue weighted by atomic mass is 16.6. The molecule has 0 spiro atoms. The first-order valence-electron chi connectivity index (χ1n) is 8.20. The third-order valence-electron chi connectivity index (χ3n) is 5.92. The Balaban J connectivity index is 1.26. The lowest BCUT2D eigenvalue weighted by atomic mass is 9.94. The second-order valence-electron chi connectivity index (χ2n) is 7.30. The van der Waals surface area contributed by atoms with E-state index in [1.807, 2.05) is 0 Å². The fraction of sp³-hybridized carbons (Fsp3) is 0.765. The summed E-state index contributed by atoms with van der Waals surface area (Å²) in [6, 6.07) is 0. The van der Waals surface area contributed by atoms with Crippen LogP contribution in [0.3, 0.4) is 0 Å². The van der Waals surface area contributed by atoms with E-state index in [1.54, 1.807) is 0 Å². The molecule has 0 heterocycles. The predicted molar refractivity (Wildman–Crippen MR) is 75.2 cm³/mol. The zero-order valence-electron chi connectivity index (χ0n) is 12.3. The summed E-state index contributed by atoms with van der Waals surface area (Å²) in [4.78, 5) is 24.0. The number of esters is 2. The van der Waals surface area contributed by atoms with Gasteiger partial charge in [0, 0.05) is 0 Å². The van der Waals surface area contributed by atoms with Crippen LogP contribution in [0.4, 0.5) is 0 Å². The van der Waals surface area contributed by atoms with E-state index in [4.69, 9.17) is 9.47 Å². The van der Waals surface area contributed by atoms with Gasteiger partial charge in [-0.05, 0) is 62.7 Å². The van der Waals surface area contributed by atoms with Gasteiger partial charge in [0.25, 0.3) is 0 Å². The normalized spacial score (nSPS) is 42.5. The molecule has 3 atom stereocenters. The molecule has 4 nitrogen and oxygen atoms in total. The van der Waals surface area contributed by atoms with Crippen molar-refractivity contribution in [1.29, 1.82) is 0 Å². The van der Waals surface area contributed by atoms with Crippen LogP contribution in [0.25, 0.3) is 0 Å². The number of allylic oxidation sites excluding steroid dienone is 2. The molecule has 0 aromatic heterocycles. The highest BCUT2D eigenvalue weighted by Crippen LogP contribution is 2.50. The van der Waals surface area contributed by atoms with Crippen molar-refractivity contribution in [3.8, 4) is 0 Å². The first-order chi connectivity index (χ1) is 10.1. The van der Waals surface area contributed by atoms with Crippen molar-refractivity contribution < 1.29 is 19.1 Å². The average molecular weight is 290 g/mol. The molecule has 4 heteroatoms. The predicted octanol–water partition coefficient (Wildman–Crippen LogP) is 2.62. The van der Waals surface area contributed by atoms with Crippen LogP contribution in [-0.2, 0) is 19.1 Å². The topological polar surface area (TPSA) is 52.6 Å². The molecule has 0 aromatic rings. The third kappa shape index (κ3) is 2.39. The van der Waals surface area contributed by atoms with Crippen molar-refractivity contribution in [3.63, 3.8) is 0 Å². The van der Waals surface area contributed by atoms with Crippen molar-refractivity contribution in [2.75, 3.05) is 6.61 Å². The van der Waals surface area contributed by atoms with Gasteiger partial charge in [-0.25, -0.2) is 4.79 Å². The Hall–Kier alpha value is -1.32. The van der Waals surface area contributed by atoms with Gasteiger partial charge in [-0.2, -0.15) is 0 Å². The first kappa shape index (κ1) is 13.4. The lowest BCUT2D eigenvalue weighted by Gasteiger charge is -2.26. The Morgan fingerprint density at radius 2 is 1.95 bits per heavy atom. The molecule has 3 unspecified atom stereocenters. The molecule has 0 saturated heterocycles. The summed E-state index contributed by atoms with van der Waals surface area (Å²) in [5.41, 5.74) is -0.233. The van der Waals surface area contributed by atoms with Gasteiger partial charge in [0.2, 0.25) is 0 Å². The summed E-state index contributed by atoms with van der Waals surface area (Å²) in [6.45, 7) is -0.219. The number of ether oxygens (including phenoxy) is 2. The summed E-state index contributed by atoms with van der Waals surface area (Å²) in [6.07, 6.45) is 11.6. The Morgan fingerprint density at radius 3 is 2.52 bits per heavy atom. The van der Waals surface area contributed by atoms with E-state index in [9.17, 15) is 9.59 Å². The number of carbonyl (C=O) groups is 2. The van der Waals surface area contributed by atoms with Crippen LogP contribution in [0.15, 0.2) is 12.2 Å². The van der Waals surface area contributed by atoms with Crippen molar-refractivity contribution in [2.45, 2.75) is 50.5 Å². The summed E-state index contributed by atoms with van der Waals surface area (Å²) in [7, 11) is 0. The zero-order chi connectivity index (χ0) is 14.4. The van der Waals surface area contributed by atoms with Crippen molar-refractivity contribution in [2.24, 2.45) is 23.7 Å². The molecule has 0 N–H and O–H groups in total. The maximum atomic E-state index is 12.1. The Labute approximate surface area is 124 Å². The first-order valence-corrected chi connectivity index (χ1v) is 8.20. The van der Waals surface area contributed by atoms with Gasteiger partial charge in [0.05, 0.1) is 5.92 Å². The molecule has 0 aromatic carbocycles. The molecular formula is C17H22O4. The fourth-order valence-electron chi connectivity index (χ4n) is 4.84. The van der Waals surface area contributed by atoms with Crippen molar-refractivity contribution in [1.82, 2.24) is 0 Å². The van der Waals surface area contributed by atoms with Gasteiger partial charge >= 0.3 is 11.9 Å². The van der Waals surface area contributed by atoms with Crippen molar-refractivity contribution in [3.05, 3.63) is 12.2 Å². The average Bonchev–Trinajstić information content (AvgIpc) is 3.23. The Bertz CT molecular complexity index is 487. The molecule has 3 saturated carbocycles. The van der Waals surface area contributed by atoms with E-state index in [1.165, 1.54) is 12.8 Å². The van der Waals surface area contributed by atoms with Crippen LogP contribution < -0.4 is 0 Å². The van der Waals surface area contributed by atoms with Crippen LogP contribution in [0.2, 0.25) is 0 Å². The molecule has 4 bridgehead atoms. The van der Waals surface area contributed by atoms with Crippen LogP contribution in [0.1, 0.15) is 44.9 Å². The molecule has 0 amide bonds. The molecular weight excluding hydrogens is 268 g/mol. The fourth-order valence-corrected chi connectivity index (χ4v) is 4.84. The van der Waals surface area contributed by atoms with E-state index in [0.717, 1.165) is 38.0 Å². The van der Waals surface area contributed by atoms with E-state index in [-0.39, 0.29) is 30.1 Å². The van der Waals surface area contributed by atoms with Crippen LogP contribution in [0.5, 0.6) is 0 Å². The molecule has 0 aliphatic heterocycles. The van der Waals surface area contributed by atoms with E-state index < -0.39 is 0 Å². The second kappa shape index (κ2) is 4.85. The number of carbonyl (C=O) groups excluding carboxylic acids is 2. The minimum Gasteiger partial charge on any atom is -0.457 e. The number of rotatable bonds is 4. The van der Waals surface area contributed by atoms with Gasteiger partial charge in [-0.3, -0.25) is 4.79 Å². The molecule has 4 aliphatic carbocycles. The standard InChI is InChI=1S/C17H22O4/c18-15(21-17-5-3-11(9-17)4-6-17)10-20-16(19)14-8-12-1-2-13(14)7-12/h1-2,11-14H,3-10H2. The minimum absolute atomic E-state index is 0.0479. The molecule has 4 rings (SSSR count). The van der Waals surface area contributed by atoms with E-state index in [2.05, 4.69) is 12.2 Å². The molecule has 114 valence electrons. The highest BCUT2D eigenvalue weighted by Gasteiger charge is 2.48. The monoisotopic (exact) mass is 290 g/mol. The number of hydrogen-bond acceptors (Lipinski definition) is 4. The number of hydrogen-bond donors (Lipinski definition) is 0. The minimum atomic E-state index is -0.371. The van der Waals surface area contributed by atoms with Crippen LogP contribution >= 0.6 is 0 Å². The summed E-state index contributed by atoms with van der Waals surface area (Å²) in [5, 5.41) is 0. The maximum absolute atomic E-state index is 12.1. The molecule has 0 radical (unpaired) electrons. The van der Waals surface area contributed by atoms with Gasteiger partial charge in [-0.1, -0.05) is 12.2 Å². The lowest BCUT2D eigenvalue weighted by molar-refractivity contribution is -0.171. The Kier molecular flexibility index (Phi) is 3.09. The zero-order valence-corrected chi connectivity index (χ0v) is 12.3. The van der Waals surface area contributed by atoms with Gasteiger partial charge < -0.3 is 9.47 Å². The molecule has 4 aliphatic rings. The van der Waals surface area contributed by atoms with E-state index in [0.29, 0.717) is 11.8 Å². The van der Waals surface area contributed by atoms with Crippen molar-refractivity contribution >= 4 is 11.9 Å². The summed E-state index contributed by atoms with van der Waals surface area (Å²) < 4.78 is 10.8. The Morgan fingerprint density at radius 1 is 1.14 bits per heavy atom. The third-order valence-corrected chi connectivity index (χ3v) is 5.92. The quantitative estimate of drug-likeness (QED) is 0.590. The lowest BCUT2D eigenvalue weighted by Crippen LogP contribution is -2.33. The second-order valence-corrected chi connectivity index (χ2v) is 7.30.